The van der Waals surface area contributed by atoms with E-state index in [4.69, 9.17) is 14.5 Å². The molecule has 1 aromatic carbocycles. The molecule has 2 aliphatic rings. The summed E-state index contributed by atoms with van der Waals surface area (Å²) >= 11 is 0. The molecular formula is C22H36N4O2. The van der Waals surface area contributed by atoms with E-state index in [2.05, 4.69) is 46.3 Å². The lowest BCUT2D eigenvalue weighted by Crippen LogP contribution is -2.41. The fourth-order valence-corrected chi connectivity index (χ4v) is 4.32. The number of guanidine groups is 1. The molecule has 1 aromatic rings. The Morgan fingerprint density at radius 1 is 1.18 bits per heavy atom. The zero-order valence-electron chi connectivity index (χ0n) is 17.7. The Bertz CT molecular complexity index is 619. The first-order chi connectivity index (χ1) is 13.7. The van der Waals surface area contributed by atoms with Gasteiger partial charge in [0.2, 0.25) is 0 Å². The SMILES string of the molecule is CCNC(=NCC1CCCN1CCOC)N1CCC(c2ccc(OC)cc2)C1. The molecule has 2 fully saturated rings. The summed E-state index contributed by atoms with van der Waals surface area (Å²) in [4.78, 5) is 9.97. The maximum absolute atomic E-state index is 5.29. The minimum atomic E-state index is 0.545. The monoisotopic (exact) mass is 388 g/mol. The molecule has 0 radical (unpaired) electrons. The maximum Gasteiger partial charge on any atom is 0.193 e. The van der Waals surface area contributed by atoms with Gasteiger partial charge in [-0.05, 0) is 50.4 Å². The van der Waals surface area contributed by atoms with Gasteiger partial charge in [0.05, 0.1) is 20.3 Å². The normalized spacial score (nSPS) is 23.4. The highest BCUT2D eigenvalue weighted by Gasteiger charge is 2.27. The fourth-order valence-electron chi connectivity index (χ4n) is 4.32. The Labute approximate surface area is 169 Å². The van der Waals surface area contributed by atoms with Crippen molar-refractivity contribution >= 4 is 5.96 Å². The van der Waals surface area contributed by atoms with Crippen molar-refractivity contribution < 1.29 is 9.47 Å². The van der Waals surface area contributed by atoms with Crippen LogP contribution in [0.2, 0.25) is 0 Å². The topological polar surface area (TPSA) is 49.3 Å². The highest BCUT2D eigenvalue weighted by atomic mass is 16.5. The highest BCUT2D eigenvalue weighted by molar-refractivity contribution is 5.80. The third-order valence-corrected chi connectivity index (χ3v) is 5.94. The number of methoxy groups -OCH3 is 2. The van der Waals surface area contributed by atoms with E-state index in [-0.39, 0.29) is 0 Å². The molecule has 0 aromatic heterocycles. The van der Waals surface area contributed by atoms with Crippen LogP contribution in [0.1, 0.15) is 37.7 Å². The van der Waals surface area contributed by atoms with Crippen LogP contribution in [0, 0.1) is 0 Å². The summed E-state index contributed by atoms with van der Waals surface area (Å²) in [6, 6.07) is 9.06. The van der Waals surface area contributed by atoms with Gasteiger partial charge < -0.3 is 19.7 Å². The van der Waals surface area contributed by atoms with Gasteiger partial charge in [-0.15, -0.1) is 0 Å². The van der Waals surface area contributed by atoms with Crippen LogP contribution >= 0.6 is 0 Å². The number of likely N-dealkylation sites (tertiary alicyclic amines) is 2. The number of nitrogens with zero attached hydrogens (tertiary/aromatic N) is 3. The molecule has 3 rings (SSSR count). The Morgan fingerprint density at radius 2 is 2.00 bits per heavy atom. The van der Waals surface area contributed by atoms with Crippen molar-refractivity contribution in [2.45, 2.75) is 38.1 Å². The van der Waals surface area contributed by atoms with Gasteiger partial charge in [-0.2, -0.15) is 0 Å². The van der Waals surface area contributed by atoms with Crippen LogP contribution in [0.4, 0.5) is 0 Å². The molecule has 6 heteroatoms. The Kier molecular flexibility index (Phi) is 7.98. The van der Waals surface area contributed by atoms with Crippen molar-refractivity contribution in [2.75, 3.05) is 60.1 Å². The average Bonchev–Trinajstić information content (AvgIpc) is 3.39. The molecule has 1 N–H and O–H groups in total. The predicted molar refractivity (Wildman–Crippen MR) is 114 cm³/mol. The van der Waals surface area contributed by atoms with E-state index in [1.807, 2.05) is 0 Å². The van der Waals surface area contributed by atoms with Crippen LogP contribution in [0.5, 0.6) is 5.75 Å². The standard InChI is InChI=1S/C22H36N4O2/c1-4-23-22(24-16-20-6-5-12-25(20)14-15-27-2)26-13-11-19(17-26)18-7-9-21(28-3)10-8-18/h7-10,19-20H,4-6,11-17H2,1-3H3,(H,23,24). The predicted octanol–water partition coefficient (Wildman–Crippen LogP) is 2.56. The lowest BCUT2D eigenvalue weighted by atomic mass is 9.98. The van der Waals surface area contributed by atoms with E-state index in [1.165, 1.54) is 31.4 Å². The summed E-state index contributed by atoms with van der Waals surface area (Å²) in [6.07, 6.45) is 3.67. The van der Waals surface area contributed by atoms with Crippen LogP contribution < -0.4 is 10.1 Å². The molecule has 2 heterocycles. The zero-order valence-corrected chi connectivity index (χ0v) is 17.7. The Balaban J connectivity index is 1.59. The van der Waals surface area contributed by atoms with Gasteiger partial charge in [-0.25, -0.2) is 0 Å². The van der Waals surface area contributed by atoms with Gasteiger partial charge in [0, 0.05) is 45.2 Å². The lowest BCUT2D eigenvalue weighted by molar-refractivity contribution is 0.142. The van der Waals surface area contributed by atoms with Crippen molar-refractivity contribution in [3.63, 3.8) is 0 Å². The van der Waals surface area contributed by atoms with Crippen LogP contribution in [0.25, 0.3) is 0 Å². The molecule has 6 nitrogen and oxygen atoms in total. The van der Waals surface area contributed by atoms with Crippen LogP contribution in [0.15, 0.2) is 29.3 Å². The van der Waals surface area contributed by atoms with Crippen molar-refractivity contribution in [1.29, 1.82) is 0 Å². The Hall–Kier alpha value is -1.79. The minimum Gasteiger partial charge on any atom is -0.497 e. The maximum atomic E-state index is 5.29. The molecule has 0 amide bonds. The summed E-state index contributed by atoms with van der Waals surface area (Å²) < 4.78 is 10.5. The first-order valence-corrected chi connectivity index (χ1v) is 10.6. The van der Waals surface area contributed by atoms with Gasteiger partial charge in [0.1, 0.15) is 5.75 Å². The molecule has 2 saturated heterocycles. The zero-order chi connectivity index (χ0) is 19.8. The van der Waals surface area contributed by atoms with E-state index < -0.39 is 0 Å². The molecule has 2 unspecified atom stereocenters. The van der Waals surface area contributed by atoms with E-state index in [1.54, 1.807) is 14.2 Å². The van der Waals surface area contributed by atoms with E-state index in [0.29, 0.717) is 12.0 Å². The number of hydrogen-bond acceptors (Lipinski definition) is 4. The quantitative estimate of drug-likeness (QED) is 0.548. The van der Waals surface area contributed by atoms with E-state index in [0.717, 1.165) is 51.0 Å². The van der Waals surface area contributed by atoms with Crippen LogP contribution in [0.3, 0.4) is 0 Å². The summed E-state index contributed by atoms with van der Waals surface area (Å²) in [6.45, 7) is 8.98. The fraction of sp³-hybridized carbons (Fsp3) is 0.682. The number of benzene rings is 1. The molecule has 0 bridgehead atoms. The number of ether oxygens (including phenoxy) is 2. The molecule has 2 atom stereocenters. The van der Waals surface area contributed by atoms with Crippen molar-refractivity contribution in [3.8, 4) is 5.75 Å². The summed E-state index contributed by atoms with van der Waals surface area (Å²) in [7, 11) is 3.49. The van der Waals surface area contributed by atoms with Gasteiger partial charge in [0.25, 0.3) is 0 Å². The van der Waals surface area contributed by atoms with Crippen molar-refractivity contribution in [3.05, 3.63) is 29.8 Å². The second kappa shape index (κ2) is 10.7. The largest absolute Gasteiger partial charge is 0.497 e. The van der Waals surface area contributed by atoms with Crippen LogP contribution in [-0.2, 0) is 4.74 Å². The number of nitrogens with one attached hydrogen (secondary N) is 1. The molecule has 0 spiro atoms. The first-order valence-electron chi connectivity index (χ1n) is 10.6. The second-order valence-electron chi connectivity index (χ2n) is 7.72. The van der Waals surface area contributed by atoms with E-state index in [9.17, 15) is 0 Å². The number of hydrogen-bond donors (Lipinski definition) is 1. The van der Waals surface area contributed by atoms with Crippen LogP contribution in [-0.4, -0.2) is 81.9 Å². The van der Waals surface area contributed by atoms with Gasteiger partial charge in [0.15, 0.2) is 5.96 Å². The Morgan fingerprint density at radius 3 is 2.71 bits per heavy atom. The average molecular weight is 389 g/mol. The second-order valence-corrected chi connectivity index (χ2v) is 7.72. The van der Waals surface area contributed by atoms with E-state index >= 15 is 0 Å². The van der Waals surface area contributed by atoms with Gasteiger partial charge >= 0.3 is 0 Å². The molecule has 156 valence electrons. The minimum absolute atomic E-state index is 0.545. The molecule has 0 saturated carbocycles. The lowest BCUT2D eigenvalue weighted by Gasteiger charge is -2.25. The third-order valence-electron chi connectivity index (χ3n) is 5.94. The molecular weight excluding hydrogens is 352 g/mol. The smallest absolute Gasteiger partial charge is 0.193 e. The molecule has 28 heavy (non-hydrogen) atoms. The van der Waals surface area contributed by atoms with Crippen molar-refractivity contribution in [1.82, 2.24) is 15.1 Å². The van der Waals surface area contributed by atoms with Crippen molar-refractivity contribution in [2.24, 2.45) is 4.99 Å². The summed E-state index contributed by atoms with van der Waals surface area (Å²) in [5.41, 5.74) is 1.39. The summed E-state index contributed by atoms with van der Waals surface area (Å²) in [5, 5.41) is 3.51. The number of rotatable bonds is 8. The first kappa shape index (κ1) is 20.9. The third kappa shape index (κ3) is 5.39. The number of aliphatic imine (C=N–C) groups is 1. The highest BCUT2D eigenvalue weighted by Crippen LogP contribution is 2.28. The summed E-state index contributed by atoms with van der Waals surface area (Å²) in [5.74, 6) is 2.54. The van der Waals surface area contributed by atoms with Gasteiger partial charge in [-0.1, -0.05) is 12.1 Å². The molecule has 2 aliphatic heterocycles. The molecule has 0 aliphatic carbocycles. The van der Waals surface area contributed by atoms with Gasteiger partial charge in [-0.3, -0.25) is 9.89 Å².